The molecule has 1 unspecified atom stereocenters. The van der Waals surface area contributed by atoms with Crippen molar-refractivity contribution in [3.05, 3.63) is 59.2 Å². The van der Waals surface area contributed by atoms with Gasteiger partial charge in [0.15, 0.2) is 0 Å². The summed E-state index contributed by atoms with van der Waals surface area (Å²) in [5.74, 6) is -0.383. The lowest BCUT2D eigenvalue weighted by atomic mass is 10.1. The van der Waals surface area contributed by atoms with Crippen LogP contribution in [0.25, 0.3) is 0 Å². The molecule has 3 nitrogen and oxygen atoms in total. The van der Waals surface area contributed by atoms with Crippen molar-refractivity contribution in [3.8, 4) is 6.07 Å². The van der Waals surface area contributed by atoms with Crippen LogP contribution >= 0.6 is 0 Å². The summed E-state index contributed by atoms with van der Waals surface area (Å²) in [6.45, 7) is 2.57. The fraction of sp³-hybridized carbons (Fsp3) is 0.267. The summed E-state index contributed by atoms with van der Waals surface area (Å²) in [6, 6.07) is 8.33. The molecule has 1 aromatic heterocycles. The van der Waals surface area contributed by atoms with E-state index in [1.165, 1.54) is 12.1 Å². The Morgan fingerprint density at radius 2 is 2.21 bits per heavy atom. The van der Waals surface area contributed by atoms with E-state index in [2.05, 4.69) is 0 Å². The number of halogens is 1. The molecule has 2 N–H and O–H groups in total. The van der Waals surface area contributed by atoms with Crippen LogP contribution in [0.2, 0.25) is 0 Å². The fourth-order valence-electron chi connectivity index (χ4n) is 2.03. The first-order chi connectivity index (χ1) is 9.12. The molecule has 0 spiro atoms. The molecule has 2 aromatic rings. The smallest absolute Gasteiger partial charge is 0.124 e. The van der Waals surface area contributed by atoms with Gasteiger partial charge in [0.1, 0.15) is 5.82 Å². The van der Waals surface area contributed by atoms with E-state index in [1.54, 1.807) is 6.07 Å². The van der Waals surface area contributed by atoms with Crippen molar-refractivity contribution in [3.63, 3.8) is 0 Å². The molecule has 4 heteroatoms. The van der Waals surface area contributed by atoms with Gasteiger partial charge >= 0.3 is 0 Å². The van der Waals surface area contributed by atoms with Crippen LogP contribution in [-0.2, 0) is 6.54 Å². The Morgan fingerprint density at radius 3 is 2.89 bits per heavy atom. The second-order valence-corrected chi connectivity index (χ2v) is 4.59. The first-order valence-corrected chi connectivity index (χ1v) is 6.23. The molecule has 98 valence electrons. The number of nitrogens with two attached hydrogens (primary N) is 1. The molecule has 0 radical (unpaired) electrons. The van der Waals surface area contributed by atoms with Crippen molar-refractivity contribution in [1.29, 1.82) is 5.26 Å². The topological polar surface area (TPSA) is 54.7 Å². The highest BCUT2D eigenvalue weighted by molar-refractivity contribution is 5.34. The summed E-state index contributed by atoms with van der Waals surface area (Å²) in [5, 5.41) is 8.82. The lowest BCUT2D eigenvalue weighted by Crippen LogP contribution is -2.07. The number of nitrogens with zero attached hydrogens (tertiary/aromatic N) is 2. The molecule has 0 amide bonds. The van der Waals surface area contributed by atoms with Crippen LogP contribution in [0.15, 0.2) is 36.7 Å². The zero-order valence-electron chi connectivity index (χ0n) is 10.8. The monoisotopic (exact) mass is 257 g/mol. The second-order valence-electron chi connectivity index (χ2n) is 4.59. The number of aromatic nitrogens is 1. The summed E-state index contributed by atoms with van der Waals surface area (Å²) in [6.07, 6.45) is 4.76. The third-order valence-corrected chi connectivity index (χ3v) is 3.09. The SMILES string of the molecule is CCC(N)c1ccn(Cc2cc(F)cc(C#N)c2)c1. The van der Waals surface area contributed by atoms with Gasteiger partial charge in [-0.1, -0.05) is 6.92 Å². The van der Waals surface area contributed by atoms with Gasteiger partial charge in [0, 0.05) is 25.0 Å². The molecule has 0 fully saturated rings. The Labute approximate surface area is 112 Å². The maximum Gasteiger partial charge on any atom is 0.124 e. The first kappa shape index (κ1) is 13.3. The van der Waals surface area contributed by atoms with Crippen molar-refractivity contribution in [2.24, 2.45) is 5.73 Å². The standard InChI is InChI=1S/C15H16FN3/c1-2-15(18)13-3-4-19(10-13)9-12-5-11(8-17)6-14(16)7-12/h3-7,10,15H,2,9,18H2,1H3. The van der Waals surface area contributed by atoms with Gasteiger partial charge in [0.05, 0.1) is 11.6 Å². The zero-order chi connectivity index (χ0) is 13.8. The minimum Gasteiger partial charge on any atom is -0.350 e. The van der Waals surface area contributed by atoms with Crippen molar-refractivity contribution in [1.82, 2.24) is 4.57 Å². The largest absolute Gasteiger partial charge is 0.350 e. The number of hydrogen-bond donors (Lipinski definition) is 1. The average molecular weight is 257 g/mol. The predicted molar refractivity (Wildman–Crippen MR) is 71.9 cm³/mol. The zero-order valence-corrected chi connectivity index (χ0v) is 10.8. The highest BCUT2D eigenvalue weighted by atomic mass is 19.1. The number of rotatable bonds is 4. The molecule has 0 aliphatic carbocycles. The average Bonchev–Trinajstić information content (AvgIpc) is 2.85. The minimum absolute atomic E-state index is 0.0310. The van der Waals surface area contributed by atoms with Gasteiger partial charge in [-0.25, -0.2) is 4.39 Å². The van der Waals surface area contributed by atoms with Crippen LogP contribution < -0.4 is 5.73 Å². The molecular formula is C15H16FN3. The summed E-state index contributed by atoms with van der Waals surface area (Å²) < 4.78 is 15.3. The fourth-order valence-corrected chi connectivity index (χ4v) is 2.03. The Bertz CT molecular complexity index is 610. The van der Waals surface area contributed by atoms with Crippen LogP contribution in [0.4, 0.5) is 4.39 Å². The quantitative estimate of drug-likeness (QED) is 0.915. The summed E-state index contributed by atoms with van der Waals surface area (Å²) in [4.78, 5) is 0. The minimum atomic E-state index is -0.383. The van der Waals surface area contributed by atoms with Crippen LogP contribution in [0.5, 0.6) is 0 Å². The van der Waals surface area contributed by atoms with E-state index in [0.29, 0.717) is 12.1 Å². The highest BCUT2D eigenvalue weighted by Crippen LogP contribution is 2.16. The van der Waals surface area contributed by atoms with Crippen LogP contribution in [0.3, 0.4) is 0 Å². The van der Waals surface area contributed by atoms with Crippen LogP contribution in [-0.4, -0.2) is 4.57 Å². The third kappa shape index (κ3) is 3.21. The molecular weight excluding hydrogens is 241 g/mol. The van der Waals surface area contributed by atoms with E-state index in [-0.39, 0.29) is 11.9 Å². The van der Waals surface area contributed by atoms with E-state index in [9.17, 15) is 4.39 Å². The molecule has 1 atom stereocenters. The van der Waals surface area contributed by atoms with Gasteiger partial charge in [-0.05, 0) is 41.8 Å². The number of hydrogen-bond acceptors (Lipinski definition) is 2. The molecule has 19 heavy (non-hydrogen) atoms. The lowest BCUT2D eigenvalue weighted by Gasteiger charge is -2.06. The van der Waals surface area contributed by atoms with E-state index >= 15 is 0 Å². The maximum absolute atomic E-state index is 13.3. The summed E-state index contributed by atoms with van der Waals surface area (Å²) >= 11 is 0. The molecule has 0 aliphatic heterocycles. The molecule has 1 heterocycles. The number of benzene rings is 1. The Hall–Kier alpha value is -2.12. The normalized spacial score (nSPS) is 12.1. The third-order valence-electron chi connectivity index (χ3n) is 3.09. The van der Waals surface area contributed by atoms with Crippen molar-refractivity contribution < 1.29 is 4.39 Å². The second kappa shape index (κ2) is 5.68. The van der Waals surface area contributed by atoms with Crippen molar-refractivity contribution in [2.45, 2.75) is 25.9 Å². The van der Waals surface area contributed by atoms with Crippen molar-refractivity contribution >= 4 is 0 Å². The van der Waals surface area contributed by atoms with Crippen LogP contribution in [0, 0.1) is 17.1 Å². The van der Waals surface area contributed by atoms with Gasteiger partial charge in [0.2, 0.25) is 0 Å². The van der Waals surface area contributed by atoms with Crippen molar-refractivity contribution in [2.75, 3.05) is 0 Å². The lowest BCUT2D eigenvalue weighted by molar-refractivity contribution is 0.623. The van der Waals surface area contributed by atoms with Gasteiger partial charge in [-0.3, -0.25) is 0 Å². The van der Waals surface area contributed by atoms with E-state index in [1.807, 2.05) is 36.0 Å². The molecule has 2 rings (SSSR count). The Balaban J connectivity index is 2.19. The Kier molecular flexibility index (Phi) is 3.98. The first-order valence-electron chi connectivity index (χ1n) is 6.23. The summed E-state index contributed by atoms with van der Waals surface area (Å²) in [7, 11) is 0. The van der Waals surface area contributed by atoms with Gasteiger partial charge in [-0.15, -0.1) is 0 Å². The van der Waals surface area contributed by atoms with E-state index in [0.717, 1.165) is 17.5 Å². The molecule has 1 aromatic carbocycles. The van der Waals surface area contributed by atoms with Gasteiger partial charge < -0.3 is 10.3 Å². The van der Waals surface area contributed by atoms with E-state index in [4.69, 9.17) is 11.0 Å². The summed E-state index contributed by atoms with van der Waals surface area (Å²) in [5.41, 5.74) is 8.13. The molecule has 0 aliphatic rings. The molecule has 0 bridgehead atoms. The Morgan fingerprint density at radius 1 is 1.42 bits per heavy atom. The van der Waals surface area contributed by atoms with E-state index < -0.39 is 0 Å². The number of nitriles is 1. The van der Waals surface area contributed by atoms with Gasteiger partial charge in [-0.2, -0.15) is 5.26 Å². The highest BCUT2D eigenvalue weighted by Gasteiger charge is 2.06. The van der Waals surface area contributed by atoms with Gasteiger partial charge in [0.25, 0.3) is 0 Å². The molecule has 0 saturated heterocycles. The predicted octanol–water partition coefficient (Wildman–Crippen LogP) is 2.96. The van der Waals surface area contributed by atoms with Crippen LogP contribution in [0.1, 0.15) is 36.1 Å². The molecule has 0 saturated carbocycles. The maximum atomic E-state index is 13.3.